The zero-order valence-electron chi connectivity index (χ0n) is 14.2. The molecule has 3 heterocycles. The molecule has 0 aliphatic carbocycles. The molecule has 1 fully saturated rings. The Balaban J connectivity index is 1.60. The minimum absolute atomic E-state index is 0.247. The van der Waals surface area contributed by atoms with Gasteiger partial charge in [0.15, 0.2) is 0 Å². The molecule has 134 valence electrons. The molecular weight excluding hydrogens is 340 g/mol. The first-order valence-electron chi connectivity index (χ1n) is 8.29. The zero-order valence-corrected chi connectivity index (χ0v) is 15.0. The molecule has 2 aromatic heterocycles. The fourth-order valence-electron chi connectivity index (χ4n) is 2.83. The van der Waals surface area contributed by atoms with E-state index in [0.29, 0.717) is 32.8 Å². The Morgan fingerprint density at radius 3 is 2.60 bits per heavy atom. The van der Waals surface area contributed by atoms with E-state index in [1.807, 2.05) is 19.2 Å². The van der Waals surface area contributed by atoms with Gasteiger partial charge in [-0.3, -0.25) is 14.9 Å². The van der Waals surface area contributed by atoms with E-state index < -0.39 is 10.0 Å². The van der Waals surface area contributed by atoms with Gasteiger partial charge in [0, 0.05) is 51.3 Å². The van der Waals surface area contributed by atoms with Crippen LogP contribution < -0.4 is 4.74 Å². The van der Waals surface area contributed by atoms with Crippen LogP contribution in [0.1, 0.15) is 12.5 Å². The standard InChI is InChI=1S/C17H22N4O3S/c1-2-24-16-10-15(11-19-12-16)14-20-6-8-21(9-7-20)25(22,23)17-4-3-5-18-13-17/h3-5,10-13H,2,6-9,14H2,1H3. The Kier molecular flexibility index (Phi) is 5.62. The quantitative estimate of drug-likeness (QED) is 0.773. The predicted octanol–water partition coefficient (Wildman–Crippen LogP) is 1.38. The van der Waals surface area contributed by atoms with E-state index in [2.05, 4.69) is 14.9 Å². The molecule has 0 saturated carbocycles. The number of ether oxygens (including phenoxy) is 1. The molecule has 7 nitrogen and oxygen atoms in total. The topological polar surface area (TPSA) is 75.6 Å². The monoisotopic (exact) mass is 362 g/mol. The van der Waals surface area contributed by atoms with Gasteiger partial charge in [0.25, 0.3) is 0 Å². The highest BCUT2D eigenvalue weighted by Gasteiger charge is 2.28. The van der Waals surface area contributed by atoms with Crippen molar-refractivity contribution in [1.82, 2.24) is 19.2 Å². The summed E-state index contributed by atoms with van der Waals surface area (Å²) < 4.78 is 32.2. The molecule has 1 aliphatic heterocycles. The number of hydrogen-bond donors (Lipinski definition) is 0. The Morgan fingerprint density at radius 1 is 1.12 bits per heavy atom. The third kappa shape index (κ3) is 4.33. The lowest BCUT2D eigenvalue weighted by Crippen LogP contribution is -2.48. The molecule has 0 N–H and O–H groups in total. The Labute approximate surface area is 148 Å². The molecular formula is C17H22N4O3S. The first kappa shape index (κ1) is 17.8. The lowest BCUT2D eigenvalue weighted by Gasteiger charge is -2.33. The van der Waals surface area contributed by atoms with E-state index in [4.69, 9.17) is 4.74 Å². The SMILES string of the molecule is CCOc1cncc(CN2CCN(S(=O)(=O)c3cccnc3)CC2)c1. The van der Waals surface area contributed by atoms with Crippen LogP contribution in [0.3, 0.4) is 0 Å². The molecule has 0 unspecified atom stereocenters. The number of piperazine rings is 1. The van der Waals surface area contributed by atoms with Crippen LogP contribution in [-0.4, -0.2) is 60.4 Å². The van der Waals surface area contributed by atoms with Crippen LogP contribution in [0, 0.1) is 0 Å². The molecule has 1 saturated heterocycles. The van der Waals surface area contributed by atoms with Crippen molar-refractivity contribution in [2.45, 2.75) is 18.4 Å². The first-order valence-corrected chi connectivity index (χ1v) is 9.73. The highest BCUT2D eigenvalue weighted by Crippen LogP contribution is 2.18. The van der Waals surface area contributed by atoms with Gasteiger partial charge in [-0.25, -0.2) is 8.42 Å². The van der Waals surface area contributed by atoms with E-state index in [-0.39, 0.29) is 4.90 Å². The number of hydrogen-bond acceptors (Lipinski definition) is 6. The minimum Gasteiger partial charge on any atom is -0.492 e. The number of nitrogens with zero attached hydrogens (tertiary/aromatic N) is 4. The Morgan fingerprint density at radius 2 is 1.92 bits per heavy atom. The highest BCUT2D eigenvalue weighted by atomic mass is 32.2. The van der Waals surface area contributed by atoms with Crippen LogP contribution in [0.5, 0.6) is 5.75 Å². The smallest absolute Gasteiger partial charge is 0.244 e. The summed E-state index contributed by atoms with van der Waals surface area (Å²) >= 11 is 0. The van der Waals surface area contributed by atoms with E-state index >= 15 is 0 Å². The molecule has 0 bridgehead atoms. The zero-order chi connectivity index (χ0) is 17.7. The number of aromatic nitrogens is 2. The molecule has 2 aromatic rings. The van der Waals surface area contributed by atoms with Crippen LogP contribution in [-0.2, 0) is 16.6 Å². The summed E-state index contributed by atoms with van der Waals surface area (Å²) in [6.07, 6.45) is 6.49. The van der Waals surface area contributed by atoms with Gasteiger partial charge in [-0.2, -0.15) is 4.31 Å². The summed E-state index contributed by atoms with van der Waals surface area (Å²) in [6, 6.07) is 5.20. The van der Waals surface area contributed by atoms with Crippen molar-refractivity contribution in [1.29, 1.82) is 0 Å². The lowest BCUT2D eigenvalue weighted by atomic mass is 10.2. The van der Waals surface area contributed by atoms with Gasteiger partial charge in [-0.1, -0.05) is 0 Å². The van der Waals surface area contributed by atoms with Crippen molar-refractivity contribution in [3.63, 3.8) is 0 Å². The third-order valence-corrected chi connectivity index (χ3v) is 5.97. The summed E-state index contributed by atoms with van der Waals surface area (Å²) in [5.41, 5.74) is 1.06. The molecule has 3 rings (SSSR count). The van der Waals surface area contributed by atoms with Gasteiger partial charge in [0.1, 0.15) is 10.6 Å². The predicted molar refractivity (Wildman–Crippen MR) is 93.7 cm³/mol. The van der Waals surface area contributed by atoms with Crippen molar-refractivity contribution in [2.24, 2.45) is 0 Å². The van der Waals surface area contributed by atoms with Crippen molar-refractivity contribution in [2.75, 3.05) is 32.8 Å². The molecule has 1 aliphatic rings. The van der Waals surface area contributed by atoms with Gasteiger partial charge in [-0.05, 0) is 30.7 Å². The maximum Gasteiger partial charge on any atom is 0.244 e. The largest absolute Gasteiger partial charge is 0.492 e. The maximum absolute atomic E-state index is 12.6. The average Bonchev–Trinajstić information content (AvgIpc) is 2.63. The van der Waals surface area contributed by atoms with E-state index in [1.165, 1.54) is 10.5 Å². The molecule has 0 radical (unpaired) electrons. The number of rotatable bonds is 6. The fraction of sp³-hybridized carbons (Fsp3) is 0.412. The van der Waals surface area contributed by atoms with Crippen LogP contribution in [0.25, 0.3) is 0 Å². The van der Waals surface area contributed by atoms with Crippen molar-refractivity contribution < 1.29 is 13.2 Å². The Hall–Kier alpha value is -2.03. The summed E-state index contributed by atoms with van der Waals surface area (Å²) in [4.78, 5) is 10.6. The highest BCUT2D eigenvalue weighted by molar-refractivity contribution is 7.89. The average molecular weight is 362 g/mol. The second-order valence-corrected chi connectivity index (χ2v) is 7.77. The molecule has 25 heavy (non-hydrogen) atoms. The van der Waals surface area contributed by atoms with Crippen molar-refractivity contribution in [3.8, 4) is 5.75 Å². The van der Waals surface area contributed by atoms with Crippen molar-refractivity contribution >= 4 is 10.0 Å². The summed E-state index contributed by atoms with van der Waals surface area (Å²) in [7, 11) is -3.46. The molecule has 0 spiro atoms. The van der Waals surface area contributed by atoms with Gasteiger partial charge in [-0.15, -0.1) is 0 Å². The van der Waals surface area contributed by atoms with E-state index in [9.17, 15) is 8.42 Å². The number of pyridine rings is 2. The normalized spacial score (nSPS) is 16.7. The van der Waals surface area contributed by atoms with Crippen LogP contribution >= 0.6 is 0 Å². The summed E-state index contributed by atoms with van der Waals surface area (Å²) in [6.45, 7) is 5.57. The molecule has 8 heteroatoms. The van der Waals surface area contributed by atoms with Gasteiger partial charge < -0.3 is 4.74 Å². The Bertz CT molecular complexity index is 791. The fourth-order valence-corrected chi connectivity index (χ4v) is 4.22. The van der Waals surface area contributed by atoms with Gasteiger partial charge in [0.05, 0.1) is 12.8 Å². The first-order chi connectivity index (χ1) is 12.1. The maximum atomic E-state index is 12.6. The second-order valence-electron chi connectivity index (χ2n) is 5.83. The van der Waals surface area contributed by atoms with E-state index in [1.54, 1.807) is 24.5 Å². The second kappa shape index (κ2) is 7.90. The van der Waals surface area contributed by atoms with Crippen molar-refractivity contribution in [3.05, 3.63) is 48.5 Å². The lowest BCUT2D eigenvalue weighted by molar-refractivity contribution is 0.181. The molecule has 0 aromatic carbocycles. The summed E-state index contributed by atoms with van der Waals surface area (Å²) in [5, 5.41) is 0. The summed E-state index contributed by atoms with van der Waals surface area (Å²) in [5.74, 6) is 0.762. The van der Waals surface area contributed by atoms with Gasteiger partial charge >= 0.3 is 0 Å². The molecule has 0 atom stereocenters. The molecule has 0 amide bonds. The number of sulfonamides is 1. The van der Waals surface area contributed by atoms with E-state index in [0.717, 1.165) is 17.9 Å². The van der Waals surface area contributed by atoms with Crippen LogP contribution in [0.4, 0.5) is 0 Å². The van der Waals surface area contributed by atoms with Crippen LogP contribution in [0.2, 0.25) is 0 Å². The third-order valence-electron chi connectivity index (χ3n) is 4.09. The van der Waals surface area contributed by atoms with Crippen LogP contribution in [0.15, 0.2) is 47.9 Å². The van der Waals surface area contributed by atoms with Gasteiger partial charge in [0.2, 0.25) is 10.0 Å². The minimum atomic E-state index is -3.46.